The minimum absolute atomic E-state index is 0.0431. The Morgan fingerprint density at radius 2 is 2.18 bits per heavy atom. The van der Waals surface area contributed by atoms with Gasteiger partial charge in [-0.25, -0.2) is 4.98 Å². The van der Waals surface area contributed by atoms with Crippen molar-refractivity contribution in [3.63, 3.8) is 0 Å². The number of imidazole rings is 1. The number of rotatable bonds is 3. The monoisotopic (exact) mass is 295 g/mol. The number of carbonyl (C=O) groups excluding carboxylic acids is 1. The van der Waals surface area contributed by atoms with Gasteiger partial charge in [0.2, 0.25) is 0 Å². The first-order chi connectivity index (χ1) is 10.6. The first kappa shape index (κ1) is 13.1. The maximum atomic E-state index is 12.7. The van der Waals surface area contributed by atoms with Crippen LogP contribution in [0.5, 0.6) is 0 Å². The largest absolute Gasteiger partial charge is 0.327 e. The molecule has 0 atom stereocenters. The highest BCUT2D eigenvalue weighted by atomic mass is 16.2. The molecule has 2 heterocycles. The lowest BCUT2D eigenvalue weighted by molar-refractivity contribution is 0.0993. The quantitative estimate of drug-likeness (QED) is 0.745. The van der Waals surface area contributed by atoms with Crippen LogP contribution in [-0.2, 0) is 7.05 Å². The van der Waals surface area contributed by atoms with E-state index in [0.717, 1.165) is 16.7 Å². The highest BCUT2D eigenvalue weighted by Crippen LogP contribution is 2.37. The number of benzene rings is 1. The van der Waals surface area contributed by atoms with Gasteiger partial charge in [0.1, 0.15) is 0 Å². The van der Waals surface area contributed by atoms with Crippen LogP contribution in [0.25, 0.3) is 11.0 Å². The third-order valence-corrected chi connectivity index (χ3v) is 4.15. The minimum atomic E-state index is -0.0431. The predicted octanol–water partition coefficient (Wildman–Crippen LogP) is 2.38. The predicted molar refractivity (Wildman–Crippen MR) is 83.9 cm³/mol. The summed E-state index contributed by atoms with van der Waals surface area (Å²) >= 11 is 0. The molecule has 1 aliphatic carbocycles. The van der Waals surface area contributed by atoms with Crippen LogP contribution >= 0.6 is 0 Å². The lowest BCUT2D eigenvalue weighted by Gasteiger charge is -2.15. The molecule has 3 aromatic rings. The number of aryl methyl sites for hydroxylation is 1. The van der Waals surface area contributed by atoms with E-state index in [9.17, 15) is 4.79 Å². The van der Waals surface area contributed by atoms with Gasteiger partial charge in [-0.1, -0.05) is 0 Å². The third kappa shape index (κ3) is 2.07. The number of aromatic nitrogens is 4. The van der Waals surface area contributed by atoms with Gasteiger partial charge < -0.3 is 9.47 Å². The van der Waals surface area contributed by atoms with Crippen LogP contribution in [0.3, 0.4) is 0 Å². The van der Waals surface area contributed by atoms with Crippen molar-refractivity contribution in [3.8, 4) is 0 Å². The molecule has 0 aliphatic heterocycles. The molecule has 6 heteroatoms. The Labute approximate surface area is 128 Å². The summed E-state index contributed by atoms with van der Waals surface area (Å²) in [6.07, 6.45) is 7.77. The zero-order valence-electron chi connectivity index (χ0n) is 12.6. The molecule has 1 saturated carbocycles. The van der Waals surface area contributed by atoms with Crippen LogP contribution in [0, 0.1) is 0 Å². The number of hydrogen-bond acceptors (Lipinski definition) is 3. The van der Waals surface area contributed by atoms with E-state index in [-0.39, 0.29) is 5.91 Å². The third-order valence-electron chi connectivity index (χ3n) is 4.15. The zero-order valence-corrected chi connectivity index (χ0v) is 12.6. The number of fused-ring (bicyclic) bond motifs is 1. The minimum Gasteiger partial charge on any atom is -0.327 e. The van der Waals surface area contributed by atoms with Crippen molar-refractivity contribution in [2.75, 3.05) is 11.9 Å². The molecule has 1 amide bonds. The van der Waals surface area contributed by atoms with E-state index in [1.54, 1.807) is 22.8 Å². The van der Waals surface area contributed by atoms with Gasteiger partial charge in [-0.2, -0.15) is 5.10 Å². The number of carbonyl (C=O) groups is 1. The van der Waals surface area contributed by atoms with Crippen LogP contribution in [-0.4, -0.2) is 32.3 Å². The Bertz CT molecular complexity index is 858. The van der Waals surface area contributed by atoms with Crippen molar-refractivity contribution in [2.45, 2.75) is 18.9 Å². The van der Waals surface area contributed by atoms with E-state index >= 15 is 0 Å². The van der Waals surface area contributed by atoms with E-state index < -0.39 is 0 Å². The summed E-state index contributed by atoms with van der Waals surface area (Å²) in [5.41, 5.74) is 3.42. The summed E-state index contributed by atoms with van der Waals surface area (Å²) in [6.45, 7) is 0. The Morgan fingerprint density at radius 3 is 2.86 bits per heavy atom. The fourth-order valence-electron chi connectivity index (χ4n) is 2.70. The Kier molecular flexibility index (Phi) is 2.79. The standard InChI is InChI=1S/C16H17N5O/c1-19-9-13(8-18-19)20(2)16(22)11-3-6-14-15(7-11)21(10-17-14)12-4-5-12/h3,6-10,12H,4-5H2,1-2H3. The molecular weight excluding hydrogens is 278 g/mol. The molecule has 22 heavy (non-hydrogen) atoms. The van der Waals surface area contributed by atoms with E-state index in [0.29, 0.717) is 11.6 Å². The lowest BCUT2D eigenvalue weighted by Crippen LogP contribution is -2.25. The van der Waals surface area contributed by atoms with Gasteiger partial charge in [0.05, 0.1) is 29.2 Å². The second-order valence-electron chi connectivity index (χ2n) is 5.82. The normalized spacial score (nSPS) is 14.5. The summed E-state index contributed by atoms with van der Waals surface area (Å²) in [4.78, 5) is 18.7. The van der Waals surface area contributed by atoms with Crippen LogP contribution < -0.4 is 4.90 Å². The van der Waals surface area contributed by atoms with Crippen molar-refractivity contribution >= 4 is 22.6 Å². The molecule has 0 radical (unpaired) electrons. The Morgan fingerprint density at radius 1 is 1.36 bits per heavy atom. The number of amides is 1. The smallest absolute Gasteiger partial charge is 0.258 e. The number of hydrogen-bond donors (Lipinski definition) is 0. The maximum Gasteiger partial charge on any atom is 0.258 e. The lowest BCUT2D eigenvalue weighted by atomic mass is 10.1. The molecule has 0 saturated heterocycles. The fraction of sp³-hybridized carbons (Fsp3) is 0.312. The molecule has 0 spiro atoms. The van der Waals surface area contributed by atoms with Gasteiger partial charge in [0.15, 0.2) is 0 Å². The Balaban J connectivity index is 1.70. The molecule has 1 aliphatic rings. The number of anilines is 1. The first-order valence-electron chi connectivity index (χ1n) is 7.37. The topological polar surface area (TPSA) is 56.0 Å². The van der Waals surface area contributed by atoms with E-state index in [4.69, 9.17) is 0 Å². The van der Waals surface area contributed by atoms with E-state index in [1.807, 2.05) is 37.8 Å². The summed E-state index contributed by atoms with van der Waals surface area (Å²) in [5, 5.41) is 4.11. The molecule has 112 valence electrons. The van der Waals surface area contributed by atoms with Gasteiger partial charge in [0.25, 0.3) is 5.91 Å². The van der Waals surface area contributed by atoms with Crippen LogP contribution in [0.15, 0.2) is 36.9 Å². The highest BCUT2D eigenvalue weighted by Gasteiger charge is 2.25. The van der Waals surface area contributed by atoms with Gasteiger partial charge in [-0.3, -0.25) is 9.48 Å². The molecule has 4 rings (SSSR count). The van der Waals surface area contributed by atoms with Crippen LogP contribution in [0.1, 0.15) is 29.2 Å². The average molecular weight is 295 g/mol. The SMILES string of the molecule is CN(C(=O)c1ccc2ncn(C3CC3)c2c1)c1cnn(C)c1. The van der Waals surface area contributed by atoms with Gasteiger partial charge >= 0.3 is 0 Å². The molecule has 1 aromatic carbocycles. The molecule has 1 fully saturated rings. The molecule has 0 N–H and O–H groups in total. The average Bonchev–Trinajstić information content (AvgIpc) is 3.14. The summed E-state index contributed by atoms with van der Waals surface area (Å²) in [6, 6.07) is 6.24. The number of nitrogens with zero attached hydrogens (tertiary/aromatic N) is 5. The molecule has 0 unspecified atom stereocenters. The fourth-order valence-corrected chi connectivity index (χ4v) is 2.70. The van der Waals surface area contributed by atoms with Gasteiger partial charge in [-0.05, 0) is 31.0 Å². The molecule has 2 aromatic heterocycles. The van der Waals surface area contributed by atoms with Crippen molar-refractivity contribution in [1.82, 2.24) is 19.3 Å². The molecular formula is C16H17N5O. The second-order valence-corrected chi connectivity index (χ2v) is 5.82. The van der Waals surface area contributed by atoms with Crippen LogP contribution in [0.4, 0.5) is 5.69 Å². The summed E-state index contributed by atoms with van der Waals surface area (Å²) in [7, 11) is 3.60. The second kappa shape index (κ2) is 4.69. The van der Waals surface area contributed by atoms with Gasteiger partial charge in [0, 0.05) is 31.9 Å². The molecule has 6 nitrogen and oxygen atoms in total. The van der Waals surface area contributed by atoms with Gasteiger partial charge in [-0.15, -0.1) is 0 Å². The van der Waals surface area contributed by atoms with E-state index in [1.165, 1.54) is 12.8 Å². The van der Waals surface area contributed by atoms with E-state index in [2.05, 4.69) is 14.6 Å². The Hall–Kier alpha value is -2.63. The van der Waals surface area contributed by atoms with Crippen molar-refractivity contribution in [3.05, 3.63) is 42.5 Å². The zero-order chi connectivity index (χ0) is 15.3. The summed E-state index contributed by atoms with van der Waals surface area (Å²) < 4.78 is 3.86. The van der Waals surface area contributed by atoms with Crippen molar-refractivity contribution in [2.24, 2.45) is 7.05 Å². The highest BCUT2D eigenvalue weighted by molar-refractivity contribution is 6.07. The maximum absolute atomic E-state index is 12.7. The first-order valence-corrected chi connectivity index (χ1v) is 7.37. The van der Waals surface area contributed by atoms with Crippen molar-refractivity contribution in [1.29, 1.82) is 0 Å². The van der Waals surface area contributed by atoms with Crippen LogP contribution in [0.2, 0.25) is 0 Å². The summed E-state index contributed by atoms with van der Waals surface area (Å²) in [5.74, 6) is -0.0431. The van der Waals surface area contributed by atoms with Crippen molar-refractivity contribution < 1.29 is 4.79 Å². The molecule has 0 bridgehead atoms.